The van der Waals surface area contributed by atoms with E-state index in [2.05, 4.69) is 35.4 Å². The van der Waals surface area contributed by atoms with Crippen LogP contribution in [0.2, 0.25) is 0 Å². The maximum atomic E-state index is 5.45. The molecule has 9 heteroatoms. The summed E-state index contributed by atoms with van der Waals surface area (Å²) in [4.78, 5) is 19.0. The predicted molar refractivity (Wildman–Crippen MR) is 77.8 cm³/mol. The molecule has 3 rings (SSSR count). The van der Waals surface area contributed by atoms with Crippen molar-refractivity contribution < 1.29 is 0 Å². The Hall–Kier alpha value is -2.29. The van der Waals surface area contributed by atoms with Crippen molar-refractivity contribution in [3.63, 3.8) is 0 Å². The lowest BCUT2D eigenvalue weighted by Crippen LogP contribution is -2.35. The van der Waals surface area contributed by atoms with E-state index < -0.39 is 0 Å². The third-order valence-corrected chi connectivity index (χ3v) is 3.80. The Morgan fingerprint density at radius 2 is 2.05 bits per heavy atom. The van der Waals surface area contributed by atoms with Crippen molar-refractivity contribution in [2.75, 3.05) is 17.4 Å². The molecule has 2 aromatic heterocycles. The lowest BCUT2D eigenvalue weighted by Gasteiger charge is -2.31. The molecule has 2 heterocycles. The van der Waals surface area contributed by atoms with Crippen molar-refractivity contribution in [2.45, 2.75) is 38.1 Å². The van der Waals surface area contributed by atoms with E-state index in [4.69, 9.17) is 5.84 Å². The van der Waals surface area contributed by atoms with E-state index in [1.54, 1.807) is 6.33 Å². The highest BCUT2D eigenvalue weighted by molar-refractivity contribution is 5.39. The highest BCUT2D eigenvalue weighted by Gasteiger charge is 2.21. The largest absolute Gasteiger partial charge is 0.341 e. The fourth-order valence-corrected chi connectivity index (χ4v) is 2.62. The van der Waals surface area contributed by atoms with E-state index in [9.17, 15) is 0 Å². The van der Waals surface area contributed by atoms with E-state index in [0.29, 0.717) is 23.9 Å². The fourth-order valence-electron chi connectivity index (χ4n) is 2.62. The van der Waals surface area contributed by atoms with Crippen molar-refractivity contribution in [3.05, 3.63) is 12.7 Å². The normalized spacial score (nSPS) is 15.9. The summed E-state index contributed by atoms with van der Waals surface area (Å²) in [6.07, 6.45) is 9.10. The van der Waals surface area contributed by atoms with Crippen LogP contribution in [-0.2, 0) is 0 Å². The summed E-state index contributed by atoms with van der Waals surface area (Å²) < 4.78 is 1.49. The number of hydrazine groups is 1. The van der Waals surface area contributed by atoms with Crippen LogP contribution in [0.3, 0.4) is 0 Å². The number of aromatic nitrogens is 6. The number of nitrogens with two attached hydrogens (primary N) is 1. The molecule has 21 heavy (non-hydrogen) atoms. The molecule has 1 fully saturated rings. The Morgan fingerprint density at radius 1 is 1.24 bits per heavy atom. The van der Waals surface area contributed by atoms with Gasteiger partial charge in [-0.15, -0.1) is 0 Å². The van der Waals surface area contributed by atoms with Gasteiger partial charge in [-0.05, 0) is 12.8 Å². The molecule has 0 bridgehead atoms. The number of nitrogens with one attached hydrogen (secondary N) is 1. The third kappa shape index (κ3) is 2.92. The molecule has 0 aromatic carbocycles. The lowest BCUT2D eigenvalue weighted by atomic mass is 9.95. The molecule has 0 radical (unpaired) electrons. The van der Waals surface area contributed by atoms with Crippen LogP contribution in [0.25, 0.3) is 5.95 Å². The van der Waals surface area contributed by atoms with E-state index in [1.165, 1.54) is 30.3 Å². The van der Waals surface area contributed by atoms with Gasteiger partial charge in [0.2, 0.25) is 11.9 Å². The van der Waals surface area contributed by atoms with Crippen molar-refractivity contribution in [1.29, 1.82) is 0 Å². The van der Waals surface area contributed by atoms with Gasteiger partial charge in [0.15, 0.2) is 0 Å². The summed E-state index contributed by atoms with van der Waals surface area (Å²) in [6.45, 7) is 0. The molecule has 0 amide bonds. The van der Waals surface area contributed by atoms with E-state index in [-0.39, 0.29) is 0 Å². The lowest BCUT2D eigenvalue weighted by molar-refractivity contribution is 0.423. The Bertz CT molecular complexity index is 576. The van der Waals surface area contributed by atoms with Gasteiger partial charge in [0.25, 0.3) is 5.95 Å². The van der Waals surface area contributed by atoms with Gasteiger partial charge in [0.1, 0.15) is 12.7 Å². The van der Waals surface area contributed by atoms with Crippen molar-refractivity contribution in [2.24, 2.45) is 5.84 Å². The number of nitrogens with zero attached hydrogens (tertiary/aromatic N) is 7. The second-order valence-electron chi connectivity index (χ2n) is 5.15. The Kier molecular flexibility index (Phi) is 3.91. The van der Waals surface area contributed by atoms with Gasteiger partial charge in [-0.3, -0.25) is 5.43 Å². The van der Waals surface area contributed by atoms with Crippen LogP contribution in [0, 0.1) is 0 Å². The summed E-state index contributed by atoms with van der Waals surface area (Å²) in [5, 5.41) is 4.04. The van der Waals surface area contributed by atoms with Crippen molar-refractivity contribution in [1.82, 2.24) is 29.7 Å². The fraction of sp³-hybridized carbons (Fsp3) is 0.583. The van der Waals surface area contributed by atoms with E-state index in [0.717, 1.165) is 12.8 Å². The summed E-state index contributed by atoms with van der Waals surface area (Å²) in [5.74, 6) is 6.76. The molecule has 2 aromatic rings. The first-order valence-corrected chi connectivity index (χ1v) is 7.08. The maximum absolute atomic E-state index is 5.45. The predicted octanol–water partition coefficient (Wildman–Crippen LogP) is 0.507. The summed E-state index contributed by atoms with van der Waals surface area (Å²) >= 11 is 0. The topological polar surface area (TPSA) is 111 Å². The molecule has 0 aliphatic heterocycles. The molecule has 0 spiro atoms. The van der Waals surface area contributed by atoms with Crippen LogP contribution < -0.4 is 16.2 Å². The SMILES string of the molecule is CN(c1nc(NN)nc(-n2cncn2)n1)C1CCCCC1. The van der Waals surface area contributed by atoms with Gasteiger partial charge >= 0.3 is 0 Å². The molecule has 9 nitrogen and oxygen atoms in total. The molecule has 1 aliphatic carbocycles. The number of hydrogen-bond acceptors (Lipinski definition) is 8. The van der Waals surface area contributed by atoms with E-state index in [1.807, 2.05) is 7.05 Å². The minimum atomic E-state index is 0.313. The van der Waals surface area contributed by atoms with Crippen LogP contribution in [-0.4, -0.2) is 42.8 Å². The molecule has 3 N–H and O–H groups in total. The molecule has 1 aliphatic rings. The standard InChI is InChI=1S/C12H19N9/c1-20(9-5-3-2-4-6-9)11-16-10(19-13)17-12(18-11)21-8-14-7-15-21/h7-9H,2-6,13H2,1H3,(H,16,17,18,19). The van der Waals surface area contributed by atoms with Crippen LogP contribution in [0.4, 0.5) is 11.9 Å². The van der Waals surface area contributed by atoms with Gasteiger partial charge < -0.3 is 4.90 Å². The first-order chi connectivity index (χ1) is 10.3. The summed E-state index contributed by atoms with van der Waals surface area (Å²) in [5.41, 5.74) is 2.48. The Balaban J connectivity index is 1.91. The summed E-state index contributed by atoms with van der Waals surface area (Å²) in [7, 11) is 2.01. The Labute approximate surface area is 122 Å². The molecule has 0 saturated heterocycles. The number of anilines is 2. The summed E-state index contributed by atoms with van der Waals surface area (Å²) in [6, 6.07) is 0.454. The van der Waals surface area contributed by atoms with Gasteiger partial charge in [-0.25, -0.2) is 10.8 Å². The van der Waals surface area contributed by atoms with Crippen LogP contribution in [0.1, 0.15) is 32.1 Å². The third-order valence-electron chi connectivity index (χ3n) is 3.80. The van der Waals surface area contributed by atoms with Crippen LogP contribution in [0.15, 0.2) is 12.7 Å². The van der Waals surface area contributed by atoms with E-state index >= 15 is 0 Å². The average molecular weight is 289 g/mol. The molecule has 112 valence electrons. The van der Waals surface area contributed by atoms with Gasteiger partial charge in [0.05, 0.1) is 0 Å². The number of nitrogen functional groups attached to an aromatic ring is 1. The minimum Gasteiger partial charge on any atom is -0.341 e. The molecular formula is C12H19N9. The zero-order valence-corrected chi connectivity index (χ0v) is 12.0. The van der Waals surface area contributed by atoms with Crippen molar-refractivity contribution >= 4 is 11.9 Å². The monoisotopic (exact) mass is 289 g/mol. The number of hydrogen-bond donors (Lipinski definition) is 2. The first-order valence-electron chi connectivity index (χ1n) is 7.08. The zero-order chi connectivity index (χ0) is 14.7. The Morgan fingerprint density at radius 3 is 2.71 bits per heavy atom. The van der Waals surface area contributed by atoms with Gasteiger partial charge in [0, 0.05) is 13.1 Å². The highest BCUT2D eigenvalue weighted by atomic mass is 15.4. The second kappa shape index (κ2) is 6.00. The molecule has 0 unspecified atom stereocenters. The van der Waals surface area contributed by atoms with Gasteiger partial charge in [-0.2, -0.15) is 24.7 Å². The molecule has 0 atom stereocenters. The quantitative estimate of drug-likeness (QED) is 0.618. The molecular weight excluding hydrogens is 270 g/mol. The van der Waals surface area contributed by atoms with Crippen LogP contribution in [0.5, 0.6) is 0 Å². The van der Waals surface area contributed by atoms with Crippen LogP contribution >= 0.6 is 0 Å². The maximum Gasteiger partial charge on any atom is 0.258 e. The van der Waals surface area contributed by atoms with Crippen molar-refractivity contribution in [3.8, 4) is 5.95 Å². The molecule has 1 saturated carbocycles. The minimum absolute atomic E-state index is 0.313. The number of rotatable bonds is 4. The second-order valence-corrected chi connectivity index (χ2v) is 5.15. The smallest absolute Gasteiger partial charge is 0.258 e. The zero-order valence-electron chi connectivity index (χ0n) is 12.0. The van der Waals surface area contributed by atoms with Gasteiger partial charge in [-0.1, -0.05) is 19.3 Å². The highest BCUT2D eigenvalue weighted by Crippen LogP contribution is 2.24. The average Bonchev–Trinajstić information content (AvgIpc) is 3.09. The first kappa shape index (κ1) is 13.7.